The molecule has 26 heavy (non-hydrogen) atoms. The van der Waals surface area contributed by atoms with Crippen LogP contribution in [0.4, 0.5) is 5.69 Å². The van der Waals surface area contributed by atoms with E-state index in [4.69, 9.17) is 9.15 Å². The van der Waals surface area contributed by atoms with Crippen LogP contribution >= 0.6 is 0 Å². The maximum absolute atomic E-state index is 12.3. The fourth-order valence-corrected chi connectivity index (χ4v) is 3.29. The number of hydrogen-bond acceptors (Lipinski definition) is 5. The topological polar surface area (TPSA) is 72.6 Å². The van der Waals surface area contributed by atoms with E-state index in [0.717, 1.165) is 11.1 Å². The number of anilines is 1. The van der Waals surface area contributed by atoms with E-state index in [1.54, 1.807) is 11.0 Å². The third-order valence-corrected chi connectivity index (χ3v) is 4.72. The van der Waals surface area contributed by atoms with Crippen molar-refractivity contribution in [1.29, 1.82) is 0 Å². The van der Waals surface area contributed by atoms with Gasteiger partial charge in [-0.3, -0.25) is 9.59 Å². The van der Waals surface area contributed by atoms with Crippen LogP contribution in [-0.2, 0) is 14.3 Å². The van der Waals surface area contributed by atoms with Crippen molar-refractivity contribution in [2.45, 2.75) is 13.3 Å². The zero-order valence-corrected chi connectivity index (χ0v) is 14.6. The summed E-state index contributed by atoms with van der Waals surface area (Å²) < 4.78 is 10.6. The average Bonchev–Trinajstić information content (AvgIpc) is 3.24. The number of methoxy groups -OCH3 is 1. The second-order valence-electron chi connectivity index (χ2n) is 6.41. The Morgan fingerprint density at radius 3 is 2.85 bits per heavy atom. The van der Waals surface area contributed by atoms with Crippen LogP contribution in [0.2, 0.25) is 0 Å². The van der Waals surface area contributed by atoms with E-state index in [0.29, 0.717) is 29.2 Å². The number of carbonyl (C=O) groups is 2. The summed E-state index contributed by atoms with van der Waals surface area (Å²) in [5, 5.41) is 0. The van der Waals surface area contributed by atoms with Crippen molar-refractivity contribution in [2.75, 3.05) is 18.6 Å². The van der Waals surface area contributed by atoms with Gasteiger partial charge in [0.2, 0.25) is 11.8 Å². The summed E-state index contributed by atoms with van der Waals surface area (Å²) in [6.45, 7) is 2.32. The third-order valence-electron chi connectivity index (χ3n) is 4.72. The molecule has 1 aliphatic rings. The number of nitrogens with zero attached hydrogens (tertiary/aromatic N) is 2. The number of rotatable bonds is 3. The van der Waals surface area contributed by atoms with Gasteiger partial charge in [0.05, 0.1) is 13.0 Å². The van der Waals surface area contributed by atoms with E-state index in [1.165, 1.54) is 7.11 Å². The maximum atomic E-state index is 12.3. The Kier molecular flexibility index (Phi) is 3.95. The maximum Gasteiger partial charge on any atom is 0.311 e. The zero-order chi connectivity index (χ0) is 18.3. The van der Waals surface area contributed by atoms with Crippen molar-refractivity contribution in [3.05, 3.63) is 48.0 Å². The molecule has 0 spiro atoms. The summed E-state index contributed by atoms with van der Waals surface area (Å²) in [6.07, 6.45) is 0.165. The number of fused-ring (bicyclic) bond motifs is 1. The van der Waals surface area contributed by atoms with E-state index < -0.39 is 5.92 Å². The van der Waals surface area contributed by atoms with E-state index in [1.807, 2.05) is 43.3 Å². The molecule has 6 heteroatoms. The first kappa shape index (κ1) is 16.3. The molecule has 6 nitrogen and oxygen atoms in total. The Labute approximate surface area is 150 Å². The molecule has 0 N–H and O–H groups in total. The number of benzene rings is 2. The minimum absolute atomic E-state index is 0.0950. The molecule has 1 fully saturated rings. The smallest absolute Gasteiger partial charge is 0.311 e. The van der Waals surface area contributed by atoms with Crippen LogP contribution in [0.15, 0.2) is 46.9 Å². The van der Waals surface area contributed by atoms with E-state index in [2.05, 4.69) is 4.98 Å². The highest BCUT2D eigenvalue weighted by Crippen LogP contribution is 2.31. The second-order valence-corrected chi connectivity index (χ2v) is 6.41. The average molecular weight is 350 g/mol. The lowest BCUT2D eigenvalue weighted by Crippen LogP contribution is -2.26. The molecular weight excluding hydrogens is 332 g/mol. The molecule has 0 radical (unpaired) electrons. The van der Waals surface area contributed by atoms with Gasteiger partial charge in [0.25, 0.3) is 0 Å². The van der Waals surface area contributed by atoms with Gasteiger partial charge in [-0.25, -0.2) is 4.98 Å². The van der Waals surface area contributed by atoms with Gasteiger partial charge in [0, 0.05) is 24.2 Å². The Bertz CT molecular complexity index is 1010. The third kappa shape index (κ3) is 2.73. The summed E-state index contributed by atoms with van der Waals surface area (Å²) in [4.78, 5) is 30.2. The first-order chi connectivity index (χ1) is 12.6. The number of amides is 1. The molecule has 4 rings (SSSR count). The number of aryl methyl sites for hydroxylation is 1. The SMILES string of the molecule is COC(=O)[C@H]1CC(=O)N(c2ccc3oc(-c4ccccc4C)nc3c2)C1. The van der Waals surface area contributed by atoms with Gasteiger partial charge in [0.1, 0.15) is 5.52 Å². The highest BCUT2D eigenvalue weighted by Gasteiger charge is 2.36. The summed E-state index contributed by atoms with van der Waals surface area (Å²) in [6, 6.07) is 13.3. The molecule has 132 valence electrons. The van der Waals surface area contributed by atoms with E-state index in [-0.39, 0.29) is 18.3 Å². The van der Waals surface area contributed by atoms with Crippen LogP contribution in [0, 0.1) is 12.8 Å². The number of oxazole rings is 1. The molecule has 0 saturated carbocycles. The van der Waals surface area contributed by atoms with Gasteiger partial charge in [-0.2, -0.15) is 0 Å². The van der Waals surface area contributed by atoms with Gasteiger partial charge in [-0.1, -0.05) is 18.2 Å². The number of aromatic nitrogens is 1. The molecule has 0 unspecified atom stereocenters. The van der Waals surface area contributed by atoms with Crippen molar-refractivity contribution in [2.24, 2.45) is 5.92 Å². The van der Waals surface area contributed by atoms with Crippen LogP contribution in [0.3, 0.4) is 0 Å². The van der Waals surface area contributed by atoms with Crippen molar-refractivity contribution in [3.63, 3.8) is 0 Å². The lowest BCUT2D eigenvalue weighted by Gasteiger charge is -2.16. The number of esters is 1. The molecule has 0 aliphatic carbocycles. The molecule has 1 amide bonds. The quantitative estimate of drug-likeness (QED) is 0.678. The molecule has 2 heterocycles. The van der Waals surface area contributed by atoms with Crippen molar-refractivity contribution in [1.82, 2.24) is 4.98 Å². The standard InChI is InChI=1S/C20H18N2O4/c1-12-5-3-4-6-15(12)19-21-16-10-14(7-8-17(16)26-19)22-11-13(9-18(22)23)20(24)25-2/h3-8,10,13H,9,11H2,1-2H3/t13-/m0/s1. The van der Waals surface area contributed by atoms with Gasteiger partial charge in [0.15, 0.2) is 5.58 Å². The molecule has 1 saturated heterocycles. The minimum Gasteiger partial charge on any atom is -0.469 e. The molecule has 0 bridgehead atoms. The molecule has 2 aromatic carbocycles. The summed E-state index contributed by atoms with van der Waals surface area (Å²) in [5.41, 5.74) is 4.06. The van der Waals surface area contributed by atoms with Gasteiger partial charge in [-0.15, -0.1) is 0 Å². The predicted octanol–water partition coefficient (Wildman–Crippen LogP) is 3.33. The molecular formula is C20H18N2O4. The predicted molar refractivity (Wildman–Crippen MR) is 96.7 cm³/mol. The normalized spacial score (nSPS) is 17.1. The molecule has 1 aromatic heterocycles. The summed E-state index contributed by atoms with van der Waals surface area (Å²) in [7, 11) is 1.34. The fraction of sp³-hybridized carbons (Fsp3) is 0.250. The van der Waals surface area contributed by atoms with Crippen LogP contribution in [0.5, 0.6) is 0 Å². The van der Waals surface area contributed by atoms with Crippen LogP contribution in [0.25, 0.3) is 22.6 Å². The minimum atomic E-state index is -0.428. The lowest BCUT2D eigenvalue weighted by atomic mass is 10.1. The Morgan fingerprint density at radius 2 is 2.08 bits per heavy atom. The highest BCUT2D eigenvalue weighted by atomic mass is 16.5. The first-order valence-corrected chi connectivity index (χ1v) is 8.41. The number of ether oxygens (including phenoxy) is 1. The number of hydrogen-bond donors (Lipinski definition) is 0. The van der Waals surface area contributed by atoms with Crippen LogP contribution in [0.1, 0.15) is 12.0 Å². The van der Waals surface area contributed by atoms with Gasteiger partial charge < -0.3 is 14.1 Å². The Balaban J connectivity index is 1.67. The fourth-order valence-electron chi connectivity index (χ4n) is 3.29. The number of carbonyl (C=O) groups excluding carboxylic acids is 2. The summed E-state index contributed by atoms with van der Waals surface area (Å²) in [5.74, 6) is -0.328. The van der Waals surface area contributed by atoms with Gasteiger partial charge in [-0.05, 0) is 36.8 Å². The highest BCUT2D eigenvalue weighted by molar-refractivity contribution is 6.00. The van der Waals surface area contributed by atoms with Gasteiger partial charge >= 0.3 is 5.97 Å². The van der Waals surface area contributed by atoms with E-state index in [9.17, 15) is 9.59 Å². The van der Waals surface area contributed by atoms with Crippen molar-refractivity contribution in [3.8, 4) is 11.5 Å². The molecule has 1 atom stereocenters. The summed E-state index contributed by atoms with van der Waals surface area (Å²) >= 11 is 0. The van der Waals surface area contributed by atoms with Crippen LogP contribution < -0.4 is 4.90 Å². The van der Waals surface area contributed by atoms with Crippen LogP contribution in [-0.4, -0.2) is 30.5 Å². The monoisotopic (exact) mass is 350 g/mol. The lowest BCUT2D eigenvalue weighted by molar-refractivity contribution is -0.145. The Morgan fingerprint density at radius 1 is 1.27 bits per heavy atom. The molecule has 1 aliphatic heterocycles. The second kappa shape index (κ2) is 6.29. The van der Waals surface area contributed by atoms with Crippen molar-refractivity contribution >= 4 is 28.7 Å². The zero-order valence-electron chi connectivity index (χ0n) is 14.6. The van der Waals surface area contributed by atoms with Crippen molar-refractivity contribution < 1.29 is 18.7 Å². The molecule has 3 aromatic rings. The first-order valence-electron chi connectivity index (χ1n) is 8.41. The largest absolute Gasteiger partial charge is 0.469 e. The Hall–Kier alpha value is -3.15. The van der Waals surface area contributed by atoms with E-state index >= 15 is 0 Å².